The van der Waals surface area contributed by atoms with Crippen LogP contribution in [0.15, 0.2) is 126 Å². The number of hydrogen-bond donors (Lipinski definition) is 6. The number of ketones is 3. The van der Waals surface area contributed by atoms with Crippen molar-refractivity contribution in [3.05, 3.63) is 160 Å². The maximum Gasteiger partial charge on any atom is 0.410 e. The van der Waals surface area contributed by atoms with Gasteiger partial charge in [0.25, 0.3) is 29.5 Å². The molecule has 9 N–H and O–H groups in total. The van der Waals surface area contributed by atoms with Gasteiger partial charge in [0.15, 0.2) is 17.0 Å². The molecule has 1 saturated carbocycles. The normalized spacial score (nSPS) is 27.3. The average Bonchev–Trinajstić information content (AvgIpc) is 1.69. The van der Waals surface area contributed by atoms with Crippen LogP contribution in [0.2, 0.25) is 0 Å². The molecule has 4 amide bonds. The van der Waals surface area contributed by atoms with E-state index in [0.29, 0.717) is 205 Å². The van der Waals surface area contributed by atoms with Crippen LogP contribution in [-0.2, 0) is 80.1 Å². The minimum absolute atomic E-state index is 0.00875. The third-order valence-corrected chi connectivity index (χ3v) is 28.0. The van der Waals surface area contributed by atoms with Crippen molar-refractivity contribution in [3.8, 4) is 11.3 Å². The molecule has 38 heteroatoms. The summed E-state index contributed by atoms with van der Waals surface area (Å²) in [5, 5.41) is 40.4. The number of allylic oxidation sites excluding steroid dienone is 6. The molecule has 4 saturated heterocycles. The van der Waals surface area contributed by atoms with Crippen molar-refractivity contribution >= 4 is 98.9 Å². The molecule has 7 aliphatic heterocycles. The molecule has 2 aromatic carbocycles. The first-order chi connectivity index (χ1) is 65.0. The number of aliphatic hydroxyl groups is 3. The molecule has 0 unspecified atom stereocenters. The van der Waals surface area contributed by atoms with Gasteiger partial charge in [0.05, 0.1) is 53.6 Å². The van der Waals surface area contributed by atoms with Gasteiger partial charge >= 0.3 is 12.1 Å². The molecule has 0 radical (unpaired) electrons. The van der Waals surface area contributed by atoms with Crippen LogP contribution >= 0.6 is 0 Å². The molecule has 5 fully saturated rings. The highest BCUT2D eigenvalue weighted by Crippen LogP contribution is 2.40. The number of fused-ring (bicyclic) bond motifs is 7. The summed E-state index contributed by atoms with van der Waals surface area (Å²) < 4.78 is 38.0. The Morgan fingerprint density at radius 1 is 0.652 bits per heavy atom. The van der Waals surface area contributed by atoms with Crippen molar-refractivity contribution in [2.24, 2.45) is 35.3 Å². The summed E-state index contributed by atoms with van der Waals surface area (Å²) in [6, 6.07) is 9.55. The number of nitrogens with zero attached hydrogens (tertiary/aromatic N) is 18. The second-order valence-corrected chi connectivity index (χ2v) is 37.3. The molecule has 0 spiro atoms. The molecule has 2 bridgehead atoms. The zero-order valence-electron chi connectivity index (χ0n) is 77.6. The highest BCUT2D eigenvalue weighted by Gasteiger charge is 2.54. The number of hydrogen-bond acceptors (Lipinski definition) is 33. The molecule has 15 atom stereocenters. The predicted molar refractivity (Wildman–Crippen MR) is 497 cm³/mol. The molecule has 8 aromatic rings. The number of ether oxygens (including phenoxy) is 5. The molecule has 135 heavy (non-hydrogen) atoms. The predicted octanol–water partition coefficient (Wildman–Crippen LogP) is 7.44. The monoisotopic (exact) mass is 1850 g/mol. The number of esters is 1. The first-order valence-corrected chi connectivity index (χ1v) is 46.9. The summed E-state index contributed by atoms with van der Waals surface area (Å²) in [5.74, 6) is -7.90. The molecule has 1 aliphatic carbocycles. The van der Waals surface area contributed by atoms with E-state index in [9.17, 15) is 53.7 Å². The first kappa shape index (κ1) is 95.7. The molecule has 38 nitrogen and oxygen atoms in total. The number of piperidine rings is 1. The van der Waals surface area contributed by atoms with E-state index >= 15 is 0 Å². The van der Waals surface area contributed by atoms with Crippen LogP contribution < -0.4 is 31.9 Å². The van der Waals surface area contributed by atoms with Gasteiger partial charge < -0.3 is 94.9 Å². The van der Waals surface area contributed by atoms with Crippen LogP contribution in [0.4, 0.5) is 34.5 Å². The lowest BCUT2D eigenvalue weighted by molar-refractivity contribution is -0.265. The fourth-order valence-corrected chi connectivity index (χ4v) is 19.9. The highest BCUT2D eigenvalue weighted by molar-refractivity contribution is 6.39. The lowest BCUT2D eigenvalue weighted by atomic mass is 9.80. The number of benzene rings is 2. The number of oxazole rings is 1. The standard InChI is InChI=1S/C97H121N21O17/c1-55-14-10-9-11-15-56(2)77(130-7)44-69-22-17-60(6)97(129,135-69)85(123)90(126)117-27-13-12-16-73(117)91(127)132-78(45-74(119)57(3)39-59(5)83(121)84(122)82(120)58(4)38-55)70(98)41-61-19-23-76(79(42-61)131-8)134-96(128)116-29-26-71-68(53-116)50-105-95(109-71)114-36-34-113(35-37-114)94-101-46-66(47-102-94)88(124)111-30-32-112(33-31-111)93-103-48-67(49-104-93)89(125)115-28-25-63-40-62(18-20-65(63)52-115)51-118-87-80(86(99)106-54-107-87)81(110-118)64-21-24-75-72(43-64)108-92(100)133-75/h9-11,14-15,18,20-21,24,39-40,43,46-50,54-55,57-58,60-61,69-70,73,76-79,83-84,121-122,129H,12-13,16-17,19,22-23,25-38,41-42,44-45,51-53,98H2,1-8H3,(H2,100,108)(H2,99,106,107)/b11-9?,14-10+,56-15?,59-39+/t55-,57-,58-,60-,61+,69+,70-,73+,76-,77+,78+,79-,83-,84+,97-/m1/s1. The Morgan fingerprint density at radius 2 is 1.34 bits per heavy atom. The third-order valence-electron chi connectivity index (χ3n) is 28.0. The van der Waals surface area contributed by atoms with Gasteiger partial charge in [-0.25, -0.2) is 54.1 Å². The number of carbonyl (C=O) groups is 8. The van der Waals surface area contributed by atoms with E-state index in [-0.39, 0.29) is 67.6 Å². The molecular weight excluding hydrogens is 1730 g/mol. The van der Waals surface area contributed by atoms with Crippen LogP contribution in [0.25, 0.3) is 33.4 Å². The van der Waals surface area contributed by atoms with Gasteiger partial charge in [-0.3, -0.25) is 28.8 Å². The summed E-state index contributed by atoms with van der Waals surface area (Å²) in [7, 11) is 3.09. The Morgan fingerprint density at radius 3 is 2.06 bits per heavy atom. The molecule has 6 aromatic heterocycles. The molecular formula is C97H121N21O17. The van der Waals surface area contributed by atoms with Crippen LogP contribution in [0.3, 0.4) is 0 Å². The fourth-order valence-electron chi connectivity index (χ4n) is 19.9. The van der Waals surface area contributed by atoms with E-state index in [1.165, 1.54) is 26.4 Å². The minimum atomic E-state index is -2.52. The SMILES string of the molecule is CO[C@H]1C[C@@H]2CC[C@@H](C)[C@@](O)(O2)C(=O)C(=O)N2CCCC[C@H]2C(=O)O[C@H]([C@H](N)C[C@@H]2CC[C@@H](OC(=O)N3CCc4nc(N5CCN(c6ncc(C(=O)N7CCN(c8ncc(C(=O)N9CCc%10cc(Cn%11nc(-c%12ccc%13oc(N)nc%13c%12)c%12c(N)ncnc%12%11)ccc%10C9)cn8)CC7)cn6)CC5)ncc4C3)[C@H](OC)C2)CC(=O)[C@H](C)/C=C(\C)[C@@H](O)[C@@H](O)C(=O)[C@H](C)C[C@H](C)/C=C/C=CC=C1C. The Kier molecular flexibility index (Phi) is 29.6. The van der Waals surface area contributed by atoms with Crippen molar-refractivity contribution < 1.29 is 81.8 Å². The molecule has 716 valence electrons. The first-order valence-electron chi connectivity index (χ1n) is 46.9. The summed E-state index contributed by atoms with van der Waals surface area (Å²) in [6.07, 6.45) is 17.3. The number of aromatic nitrogens is 11. The molecule has 8 aliphatic rings. The summed E-state index contributed by atoms with van der Waals surface area (Å²) in [6.45, 7) is 16.2. The quantitative estimate of drug-likeness (QED) is 0.0350. The summed E-state index contributed by atoms with van der Waals surface area (Å²) >= 11 is 0. The van der Waals surface area contributed by atoms with Crippen molar-refractivity contribution in [1.29, 1.82) is 0 Å². The topological polar surface area (TPSA) is 491 Å². The number of cyclic esters (lactones) is 1. The second kappa shape index (κ2) is 41.8. The van der Waals surface area contributed by atoms with Gasteiger partial charge in [0.1, 0.15) is 59.6 Å². The lowest BCUT2D eigenvalue weighted by Gasteiger charge is -2.42. The van der Waals surface area contributed by atoms with Crippen LogP contribution in [0, 0.1) is 29.6 Å². The number of rotatable bonds is 14. The van der Waals surface area contributed by atoms with Gasteiger partial charge in [-0.15, -0.1) is 0 Å². The Balaban J connectivity index is 0.485. The minimum Gasteiger partial charge on any atom is -0.459 e. The van der Waals surface area contributed by atoms with E-state index < -0.39 is 120 Å². The molecule has 16 rings (SSSR count). The van der Waals surface area contributed by atoms with Gasteiger partial charge in [0, 0.05) is 178 Å². The maximum absolute atomic E-state index is 14.8. The van der Waals surface area contributed by atoms with Crippen molar-refractivity contribution in [1.82, 2.24) is 74.2 Å². The number of carbonyl (C=O) groups excluding carboxylic acids is 8. The average molecular weight is 1850 g/mol. The molecule has 13 heterocycles. The van der Waals surface area contributed by atoms with E-state index in [4.69, 9.17) is 60.4 Å². The number of anilines is 5. The lowest BCUT2D eigenvalue weighted by Crippen LogP contribution is -2.61. The van der Waals surface area contributed by atoms with Crippen LogP contribution in [0.5, 0.6) is 0 Å². The number of nitrogen functional groups attached to an aromatic ring is 2. The van der Waals surface area contributed by atoms with Gasteiger partial charge in [-0.1, -0.05) is 82.4 Å². The van der Waals surface area contributed by atoms with E-state index in [1.807, 2.05) is 76.9 Å². The zero-order chi connectivity index (χ0) is 95.2. The number of piperazine rings is 2. The summed E-state index contributed by atoms with van der Waals surface area (Å²) in [5.41, 5.74) is 29.0. The Bertz CT molecular complexity index is 5830. The van der Waals surface area contributed by atoms with E-state index in [0.717, 1.165) is 44.0 Å². The Labute approximate surface area is 782 Å². The van der Waals surface area contributed by atoms with Gasteiger partial charge in [0.2, 0.25) is 23.6 Å². The Hall–Kier alpha value is -12.5. The second-order valence-electron chi connectivity index (χ2n) is 37.3. The number of aliphatic hydroxyl groups excluding tert-OH is 2. The number of nitrogens with two attached hydrogens (primary N) is 3. The van der Waals surface area contributed by atoms with Crippen molar-refractivity contribution in [2.75, 3.05) is 112 Å². The van der Waals surface area contributed by atoms with Crippen LogP contribution in [0.1, 0.15) is 167 Å². The summed E-state index contributed by atoms with van der Waals surface area (Å²) in [4.78, 5) is 168. The fraction of sp³-hybridized carbons (Fsp3) is 0.526. The van der Waals surface area contributed by atoms with Gasteiger partial charge in [-0.05, 0) is 142 Å². The maximum atomic E-state index is 14.8. The third kappa shape index (κ3) is 21.5. The number of Topliss-reactive ketones (excluding diaryl/α,β-unsaturated/α-hetero) is 3. The number of methoxy groups -OCH3 is 2. The zero-order valence-corrected chi connectivity index (χ0v) is 77.6. The van der Waals surface area contributed by atoms with Crippen LogP contribution in [-0.4, -0.2) is 283 Å². The van der Waals surface area contributed by atoms with Crippen molar-refractivity contribution in [2.45, 2.75) is 212 Å². The number of amides is 4. The smallest absolute Gasteiger partial charge is 0.410 e. The van der Waals surface area contributed by atoms with Gasteiger partial charge in [-0.2, -0.15) is 10.1 Å². The largest absolute Gasteiger partial charge is 0.459 e. The van der Waals surface area contributed by atoms with E-state index in [2.05, 4.69) is 56.8 Å². The van der Waals surface area contributed by atoms with E-state index in [1.54, 1.807) is 74.7 Å². The van der Waals surface area contributed by atoms with Crippen molar-refractivity contribution in [3.63, 3.8) is 0 Å². The highest BCUT2D eigenvalue weighted by atomic mass is 16.6.